The molecule has 0 aliphatic heterocycles. The van der Waals surface area contributed by atoms with Crippen molar-refractivity contribution in [3.8, 4) is 0 Å². The fraction of sp³-hybridized carbons (Fsp3) is 0.333. The maximum absolute atomic E-state index is 12.1. The van der Waals surface area contributed by atoms with Crippen LogP contribution < -0.4 is 4.72 Å². The molecule has 0 unspecified atom stereocenters. The Kier molecular flexibility index (Phi) is 6.88. The third kappa shape index (κ3) is 5.74. The Hall–Kier alpha value is -0.630. The summed E-state index contributed by atoms with van der Waals surface area (Å²) in [7, 11) is -1.59. The minimum atomic E-state index is -3.60. The van der Waals surface area contributed by atoms with Gasteiger partial charge in [-0.1, -0.05) is 53.5 Å². The predicted molar refractivity (Wildman–Crippen MR) is 96.9 cm³/mol. The summed E-state index contributed by atoms with van der Waals surface area (Å²) in [6.07, 6.45) is 0.706. The van der Waals surface area contributed by atoms with Gasteiger partial charge in [-0.3, -0.25) is 0 Å². The summed E-state index contributed by atoms with van der Waals surface area (Å²) in [6.45, 7) is 1.97. The van der Waals surface area contributed by atoms with Crippen LogP contribution in [0.25, 0.3) is 0 Å². The van der Waals surface area contributed by atoms with Gasteiger partial charge in [-0.25, -0.2) is 13.1 Å². The highest BCUT2D eigenvalue weighted by Crippen LogP contribution is 2.33. The lowest BCUT2D eigenvalue weighted by molar-refractivity contribution is 0.322. The molecule has 0 radical (unpaired) electrons. The van der Waals surface area contributed by atoms with Crippen molar-refractivity contribution >= 4 is 44.6 Å². The van der Waals surface area contributed by atoms with E-state index < -0.39 is 10.0 Å². The molecule has 0 saturated carbocycles. The van der Waals surface area contributed by atoms with E-state index in [1.165, 1.54) is 11.6 Å². The Labute approximate surface area is 151 Å². The van der Waals surface area contributed by atoms with Gasteiger partial charge < -0.3 is 4.90 Å². The van der Waals surface area contributed by atoms with Crippen molar-refractivity contribution in [2.45, 2.75) is 17.9 Å². The standard InChI is InChI=1S/C15H18Cl2N2O2S2/c1-19(11-12-6-3-2-4-7-12)9-5-8-18-23(20,21)13-10-14(16)22-15(13)17/h2-4,6-7,10,18H,5,8-9,11H2,1H3. The predicted octanol–water partition coefficient (Wildman–Crippen LogP) is 3.86. The summed E-state index contributed by atoms with van der Waals surface area (Å²) in [5, 5.41) is 0. The number of hydrogen-bond acceptors (Lipinski definition) is 4. The summed E-state index contributed by atoms with van der Waals surface area (Å²) in [5.74, 6) is 0. The molecule has 0 spiro atoms. The van der Waals surface area contributed by atoms with Crippen LogP contribution >= 0.6 is 34.5 Å². The second-order valence-corrected chi connectivity index (χ2v) is 9.18. The van der Waals surface area contributed by atoms with Crippen LogP contribution in [-0.4, -0.2) is 33.5 Å². The van der Waals surface area contributed by atoms with Gasteiger partial charge in [-0.05, 0) is 31.6 Å². The molecule has 0 atom stereocenters. The molecule has 1 aromatic heterocycles. The number of halogens is 2. The third-order valence-electron chi connectivity index (χ3n) is 3.22. The van der Waals surface area contributed by atoms with Crippen LogP contribution in [0, 0.1) is 0 Å². The molecule has 0 amide bonds. The van der Waals surface area contributed by atoms with E-state index in [2.05, 4.69) is 21.8 Å². The highest BCUT2D eigenvalue weighted by molar-refractivity contribution is 7.89. The Morgan fingerprint density at radius 2 is 1.91 bits per heavy atom. The monoisotopic (exact) mass is 392 g/mol. The highest BCUT2D eigenvalue weighted by Gasteiger charge is 2.20. The highest BCUT2D eigenvalue weighted by atomic mass is 35.5. The normalized spacial score (nSPS) is 12.0. The van der Waals surface area contributed by atoms with Crippen molar-refractivity contribution in [3.05, 3.63) is 50.6 Å². The van der Waals surface area contributed by atoms with Crippen LogP contribution in [0.4, 0.5) is 0 Å². The lowest BCUT2D eigenvalue weighted by Crippen LogP contribution is -2.28. The number of benzene rings is 1. The minimum absolute atomic E-state index is 0.0480. The first kappa shape index (κ1) is 18.7. The molecule has 0 saturated heterocycles. The van der Waals surface area contributed by atoms with Crippen LogP contribution in [0.15, 0.2) is 41.3 Å². The van der Waals surface area contributed by atoms with E-state index in [0.29, 0.717) is 17.3 Å². The molecule has 126 valence electrons. The first-order valence-electron chi connectivity index (χ1n) is 7.05. The van der Waals surface area contributed by atoms with Gasteiger partial charge in [0.25, 0.3) is 0 Å². The zero-order valence-corrected chi connectivity index (χ0v) is 15.8. The smallest absolute Gasteiger partial charge is 0.242 e. The van der Waals surface area contributed by atoms with Crippen molar-refractivity contribution in [1.29, 1.82) is 0 Å². The van der Waals surface area contributed by atoms with Crippen molar-refractivity contribution in [3.63, 3.8) is 0 Å². The van der Waals surface area contributed by atoms with Gasteiger partial charge in [0.2, 0.25) is 10.0 Å². The van der Waals surface area contributed by atoms with Crippen molar-refractivity contribution in [2.75, 3.05) is 20.1 Å². The van der Waals surface area contributed by atoms with Gasteiger partial charge in [0.05, 0.1) is 4.34 Å². The third-order valence-corrected chi connectivity index (χ3v) is 6.43. The molecule has 1 heterocycles. The average Bonchev–Trinajstić information content (AvgIpc) is 2.84. The number of nitrogens with one attached hydrogen (secondary N) is 1. The molecule has 8 heteroatoms. The molecule has 4 nitrogen and oxygen atoms in total. The van der Waals surface area contributed by atoms with Crippen molar-refractivity contribution < 1.29 is 8.42 Å². The first-order chi connectivity index (χ1) is 10.9. The van der Waals surface area contributed by atoms with E-state index in [1.54, 1.807) is 0 Å². The fourth-order valence-corrected chi connectivity index (χ4v) is 5.34. The molecule has 23 heavy (non-hydrogen) atoms. The number of thiophene rings is 1. The molecule has 0 bridgehead atoms. The molecule has 0 aliphatic rings. The Morgan fingerprint density at radius 1 is 1.22 bits per heavy atom. The Morgan fingerprint density at radius 3 is 2.52 bits per heavy atom. The maximum Gasteiger partial charge on any atom is 0.242 e. The maximum atomic E-state index is 12.1. The molecule has 0 fully saturated rings. The topological polar surface area (TPSA) is 49.4 Å². The van der Waals surface area contributed by atoms with Crippen LogP contribution in [0.3, 0.4) is 0 Å². The second kappa shape index (κ2) is 8.46. The van der Waals surface area contributed by atoms with Gasteiger partial charge in [0.15, 0.2) is 0 Å². The molecule has 1 aromatic carbocycles. The number of rotatable bonds is 8. The fourth-order valence-electron chi connectivity index (χ4n) is 2.12. The van der Waals surface area contributed by atoms with E-state index in [1.807, 2.05) is 25.2 Å². The minimum Gasteiger partial charge on any atom is -0.302 e. The number of hydrogen-bond donors (Lipinski definition) is 1. The molecular formula is C15H18Cl2N2O2S2. The summed E-state index contributed by atoms with van der Waals surface area (Å²) >= 11 is 12.7. The quantitative estimate of drug-likeness (QED) is 0.693. The number of sulfonamides is 1. The summed E-state index contributed by atoms with van der Waals surface area (Å²) in [6, 6.07) is 11.5. The summed E-state index contributed by atoms with van der Waals surface area (Å²) in [5.41, 5.74) is 1.23. The van der Waals surface area contributed by atoms with Gasteiger partial charge in [0.1, 0.15) is 9.23 Å². The van der Waals surface area contributed by atoms with E-state index in [0.717, 1.165) is 24.4 Å². The first-order valence-corrected chi connectivity index (χ1v) is 10.1. The lowest BCUT2D eigenvalue weighted by atomic mass is 10.2. The van der Waals surface area contributed by atoms with Crippen molar-refractivity contribution in [2.24, 2.45) is 0 Å². The molecule has 0 aliphatic carbocycles. The zero-order valence-electron chi connectivity index (χ0n) is 12.6. The van der Waals surface area contributed by atoms with Crippen LogP contribution in [0.5, 0.6) is 0 Å². The van der Waals surface area contributed by atoms with Crippen LogP contribution in [0.1, 0.15) is 12.0 Å². The molecule has 1 N–H and O–H groups in total. The number of nitrogens with zero attached hydrogens (tertiary/aromatic N) is 1. The lowest BCUT2D eigenvalue weighted by Gasteiger charge is -2.16. The van der Waals surface area contributed by atoms with Crippen LogP contribution in [-0.2, 0) is 16.6 Å². The molecular weight excluding hydrogens is 375 g/mol. The molecule has 2 rings (SSSR count). The Balaban J connectivity index is 1.77. The SMILES string of the molecule is CN(CCCNS(=O)(=O)c1cc(Cl)sc1Cl)Cc1ccccc1. The van der Waals surface area contributed by atoms with Gasteiger partial charge in [0, 0.05) is 13.1 Å². The van der Waals surface area contributed by atoms with E-state index >= 15 is 0 Å². The van der Waals surface area contributed by atoms with Gasteiger partial charge in [-0.2, -0.15) is 0 Å². The summed E-state index contributed by atoms with van der Waals surface area (Å²) in [4.78, 5) is 2.20. The summed E-state index contributed by atoms with van der Waals surface area (Å²) < 4.78 is 27.4. The molecule has 2 aromatic rings. The van der Waals surface area contributed by atoms with E-state index in [9.17, 15) is 8.42 Å². The average molecular weight is 393 g/mol. The second-order valence-electron chi connectivity index (χ2n) is 5.16. The van der Waals surface area contributed by atoms with Gasteiger partial charge in [-0.15, -0.1) is 11.3 Å². The zero-order chi connectivity index (χ0) is 16.9. The van der Waals surface area contributed by atoms with E-state index in [-0.39, 0.29) is 9.23 Å². The van der Waals surface area contributed by atoms with E-state index in [4.69, 9.17) is 23.2 Å². The largest absolute Gasteiger partial charge is 0.302 e. The van der Waals surface area contributed by atoms with Crippen molar-refractivity contribution in [1.82, 2.24) is 9.62 Å². The Bertz CT molecular complexity index is 733. The van der Waals surface area contributed by atoms with Gasteiger partial charge >= 0.3 is 0 Å². The van der Waals surface area contributed by atoms with Crippen LogP contribution in [0.2, 0.25) is 8.67 Å².